The molecule has 1 aliphatic rings. The van der Waals surface area contributed by atoms with E-state index in [2.05, 4.69) is 19.7 Å². The van der Waals surface area contributed by atoms with Crippen molar-refractivity contribution in [3.63, 3.8) is 0 Å². The number of ether oxygens (including phenoxy) is 1. The zero-order valence-electron chi connectivity index (χ0n) is 13.0. The summed E-state index contributed by atoms with van der Waals surface area (Å²) in [4.78, 5) is 11.2. The van der Waals surface area contributed by atoms with E-state index in [0.717, 1.165) is 5.57 Å². The van der Waals surface area contributed by atoms with Gasteiger partial charge in [-0.25, -0.2) is 0 Å². The Morgan fingerprint density at radius 3 is 2.29 bits per heavy atom. The number of hydrogen-bond acceptors (Lipinski definition) is 4. The topological polar surface area (TPSA) is 66.8 Å². The van der Waals surface area contributed by atoms with Crippen LogP contribution >= 0.6 is 0 Å². The fraction of sp³-hybridized carbons (Fsp3) is 0.588. The van der Waals surface area contributed by atoms with E-state index in [1.54, 1.807) is 0 Å². The molecule has 0 aromatic rings. The number of allylic oxidation sites excluding steroid dienone is 1. The summed E-state index contributed by atoms with van der Waals surface area (Å²) in [6.07, 6.45) is -0.0627. The standard InChI is InChI=1S/C17H26O4/c1-10(2)14-8-15(19)11(3)6-7-17(21-13(5)18)12(4)16(20)9-14/h14-17,19-20H,1,3-4,6-9H2,2,5H3. The zero-order chi connectivity index (χ0) is 16.2. The van der Waals surface area contributed by atoms with Crippen LogP contribution in [-0.2, 0) is 9.53 Å². The summed E-state index contributed by atoms with van der Waals surface area (Å²) in [5.41, 5.74) is 2.11. The average molecular weight is 294 g/mol. The van der Waals surface area contributed by atoms with Crippen LogP contribution in [0.5, 0.6) is 0 Å². The highest BCUT2D eigenvalue weighted by Gasteiger charge is 2.29. The van der Waals surface area contributed by atoms with Crippen molar-refractivity contribution in [3.8, 4) is 0 Å². The van der Waals surface area contributed by atoms with Gasteiger partial charge < -0.3 is 14.9 Å². The molecular formula is C17H26O4. The summed E-state index contributed by atoms with van der Waals surface area (Å²) in [5, 5.41) is 20.5. The van der Waals surface area contributed by atoms with Gasteiger partial charge in [-0.05, 0) is 49.7 Å². The third-order valence-electron chi connectivity index (χ3n) is 4.06. The predicted octanol–water partition coefficient (Wildman–Crippen LogP) is 2.52. The Balaban J connectivity index is 2.97. The van der Waals surface area contributed by atoms with Crippen LogP contribution in [0.25, 0.3) is 0 Å². The van der Waals surface area contributed by atoms with Gasteiger partial charge in [0.05, 0.1) is 12.2 Å². The lowest BCUT2D eigenvalue weighted by Gasteiger charge is -2.30. The Kier molecular flexibility index (Phi) is 6.37. The molecule has 0 spiro atoms. The Morgan fingerprint density at radius 1 is 1.19 bits per heavy atom. The lowest BCUT2D eigenvalue weighted by atomic mass is 9.82. The molecule has 0 bridgehead atoms. The number of hydrogen-bond donors (Lipinski definition) is 2. The van der Waals surface area contributed by atoms with Crippen molar-refractivity contribution < 1.29 is 19.7 Å². The average Bonchev–Trinajstić information content (AvgIpc) is 2.39. The largest absolute Gasteiger partial charge is 0.458 e. The van der Waals surface area contributed by atoms with Gasteiger partial charge in [0.2, 0.25) is 0 Å². The first kappa shape index (κ1) is 17.7. The highest BCUT2D eigenvalue weighted by atomic mass is 16.5. The SMILES string of the molecule is C=C1CCC(OC(C)=O)C(=C)C(O)CC(C(=C)C)CC1O. The molecule has 0 saturated heterocycles. The molecule has 1 fully saturated rings. The first-order valence-electron chi connectivity index (χ1n) is 7.27. The number of esters is 1. The molecule has 4 atom stereocenters. The minimum atomic E-state index is -0.783. The van der Waals surface area contributed by atoms with E-state index in [1.165, 1.54) is 6.92 Å². The summed E-state index contributed by atoms with van der Waals surface area (Å²) in [6, 6.07) is 0. The van der Waals surface area contributed by atoms with Gasteiger partial charge in [0, 0.05) is 6.92 Å². The molecule has 0 aromatic heterocycles. The van der Waals surface area contributed by atoms with E-state index >= 15 is 0 Å². The van der Waals surface area contributed by atoms with E-state index in [0.29, 0.717) is 36.8 Å². The monoisotopic (exact) mass is 294 g/mol. The number of carbonyl (C=O) groups excluding carboxylic acids is 1. The Bertz CT molecular complexity index is 438. The van der Waals surface area contributed by atoms with E-state index in [9.17, 15) is 15.0 Å². The molecule has 4 heteroatoms. The second-order valence-corrected chi connectivity index (χ2v) is 5.92. The van der Waals surface area contributed by atoms with Crippen molar-refractivity contribution in [2.75, 3.05) is 0 Å². The maximum Gasteiger partial charge on any atom is 0.303 e. The number of aliphatic hydroxyl groups excluding tert-OH is 2. The van der Waals surface area contributed by atoms with Gasteiger partial charge in [0.1, 0.15) is 6.10 Å². The number of carbonyl (C=O) groups is 1. The van der Waals surface area contributed by atoms with E-state index in [-0.39, 0.29) is 5.92 Å². The van der Waals surface area contributed by atoms with Crippen LogP contribution in [0.2, 0.25) is 0 Å². The highest BCUT2D eigenvalue weighted by molar-refractivity contribution is 5.66. The number of aliphatic hydroxyl groups is 2. The van der Waals surface area contributed by atoms with E-state index in [1.807, 2.05) is 6.92 Å². The van der Waals surface area contributed by atoms with Crippen molar-refractivity contribution in [1.82, 2.24) is 0 Å². The Hall–Kier alpha value is -1.39. The predicted molar refractivity (Wildman–Crippen MR) is 82.6 cm³/mol. The molecule has 4 nitrogen and oxygen atoms in total. The van der Waals surface area contributed by atoms with Crippen molar-refractivity contribution >= 4 is 5.97 Å². The minimum absolute atomic E-state index is 0.0282. The molecule has 0 aromatic carbocycles. The van der Waals surface area contributed by atoms with Crippen LogP contribution in [-0.4, -0.2) is 34.5 Å². The maximum absolute atomic E-state index is 11.2. The molecule has 1 rings (SSSR count). The van der Waals surface area contributed by atoms with Gasteiger partial charge in [0.15, 0.2) is 0 Å². The van der Waals surface area contributed by atoms with Gasteiger partial charge in [-0.3, -0.25) is 4.79 Å². The van der Waals surface area contributed by atoms with E-state index < -0.39 is 24.3 Å². The van der Waals surface area contributed by atoms with Gasteiger partial charge in [-0.1, -0.05) is 25.3 Å². The molecule has 0 aliphatic heterocycles. The molecule has 1 saturated carbocycles. The molecule has 0 heterocycles. The van der Waals surface area contributed by atoms with Crippen molar-refractivity contribution in [2.45, 2.75) is 57.8 Å². The maximum atomic E-state index is 11.2. The van der Waals surface area contributed by atoms with Gasteiger partial charge in [0.25, 0.3) is 0 Å². The normalized spacial score (nSPS) is 31.6. The lowest BCUT2D eigenvalue weighted by Crippen LogP contribution is -2.31. The zero-order valence-corrected chi connectivity index (χ0v) is 13.0. The Morgan fingerprint density at radius 2 is 1.76 bits per heavy atom. The van der Waals surface area contributed by atoms with Crippen LogP contribution < -0.4 is 0 Å². The summed E-state index contributed by atoms with van der Waals surface area (Å²) < 4.78 is 5.24. The molecule has 2 N–H and O–H groups in total. The third-order valence-corrected chi connectivity index (χ3v) is 4.06. The number of rotatable bonds is 2. The molecule has 0 radical (unpaired) electrons. The van der Waals surface area contributed by atoms with Gasteiger partial charge in [-0.2, -0.15) is 0 Å². The Labute approximate surface area is 126 Å². The van der Waals surface area contributed by atoms with Gasteiger partial charge >= 0.3 is 5.97 Å². The van der Waals surface area contributed by atoms with Crippen LogP contribution in [0.15, 0.2) is 36.5 Å². The molecule has 118 valence electrons. The molecule has 1 aliphatic carbocycles. The smallest absolute Gasteiger partial charge is 0.303 e. The summed E-state index contributed by atoms with van der Waals surface area (Å²) >= 11 is 0. The van der Waals surface area contributed by atoms with Crippen molar-refractivity contribution in [2.24, 2.45) is 5.92 Å². The molecule has 21 heavy (non-hydrogen) atoms. The first-order valence-corrected chi connectivity index (χ1v) is 7.27. The van der Waals surface area contributed by atoms with Crippen LogP contribution in [0, 0.1) is 5.92 Å². The molecule has 4 unspecified atom stereocenters. The fourth-order valence-electron chi connectivity index (χ4n) is 2.57. The van der Waals surface area contributed by atoms with Crippen LogP contribution in [0.1, 0.15) is 39.5 Å². The van der Waals surface area contributed by atoms with Gasteiger partial charge in [-0.15, -0.1) is 0 Å². The van der Waals surface area contributed by atoms with Crippen LogP contribution in [0.4, 0.5) is 0 Å². The third kappa shape index (κ3) is 5.14. The van der Waals surface area contributed by atoms with Crippen molar-refractivity contribution in [1.29, 1.82) is 0 Å². The second-order valence-electron chi connectivity index (χ2n) is 5.92. The van der Waals surface area contributed by atoms with E-state index in [4.69, 9.17) is 4.74 Å². The van der Waals surface area contributed by atoms with Crippen LogP contribution in [0.3, 0.4) is 0 Å². The molecule has 0 amide bonds. The summed E-state index contributed by atoms with van der Waals surface area (Å²) in [6.45, 7) is 14.9. The summed E-state index contributed by atoms with van der Waals surface area (Å²) in [7, 11) is 0. The summed E-state index contributed by atoms with van der Waals surface area (Å²) in [5.74, 6) is -0.437. The molecular weight excluding hydrogens is 268 g/mol. The fourth-order valence-corrected chi connectivity index (χ4v) is 2.57. The minimum Gasteiger partial charge on any atom is -0.458 e. The van der Waals surface area contributed by atoms with Crippen molar-refractivity contribution in [3.05, 3.63) is 36.5 Å². The lowest BCUT2D eigenvalue weighted by molar-refractivity contribution is -0.145. The second kappa shape index (κ2) is 7.57. The first-order chi connectivity index (χ1) is 9.72. The highest BCUT2D eigenvalue weighted by Crippen LogP contribution is 2.31. The quantitative estimate of drug-likeness (QED) is 0.606.